The van der Waals surface area contributed by atoms with E-state index < -0.39 is 5.60 Å². The van der Waals surface area contributed by atoms with Gasteiger partial charge in [-0.05, 0) is 5.92 Å². The zero-order valence-corrected chi connectivity index (χ0v) is 9.21. The lowest BCUT2D eigenvalue weighted by molar-refractivity contribution is -0.128. The monoisotopic (exact) mass is 200 g/mol. The molecule has 1 fully saturated rings. The lowest BCUT2D eigenvalue weighted by Crippen LogP contribution is -2.65. The van der Waals surface area contributed by atoms with E-state index in [2.05, 4.69) is 10.2 Å². The fourth-order valence-corrected chi connectivity index (χ4v) is 1.64. The zero-order chi connectivity index (χ0) is 10.8. The number of carbonyl (C=O) groups is 1. The van der Waals surface area contributed by atoms with Gasteiger partial charge < -0.3 is 10.4 Å². The molecule has 1 heterocycles. The molecule has 0 aliphatic carbocycles. The second kappa shape index (κ2) is 4.28. The minimum absolute atomic E-state index is 0.00430. The summed E-state index contributed by atoms with van der Waals surface area (Å²) < 4.78 is 0. The van der Waals surface area contributed by atoms with E-state index >= 15 is 0 Å². The highest BCUT2D eigenvalue weighted by atomic mass is 16.3. The normalized spacial score (nSPS) is 20.6. The largest absolute Gasteiger partial charge is 0.387 e. The maximum Gasteiger partial charge on any atom is 0.216 e. The van der Waals surface area contributed by atoms with E-state index in [-0.39, 0.29) is 5.91 Å². The average molecular weight is 200 g/mol. The number of aliphatic hydroxyl groups is 1. The third-order valence-corrected chi connectivity index (χ3v) is 2.87. The Kier molecular flexibility index (Phi) is 3.50. The molecular weight excluding hydrogens is 180 g/mol. The van der Waals surface area contributed by atoms with Crippen molar-refractivity contribution < 1.29 is 9.90 Å². The Labute approximate surface area is 85.3 Å². The van der Waals surface area contributed by atoms with Gasteiger partial charge >= 0.3 is 0 Å². The Hall–Kier alpha value is -0.610. The van der Waals surface area contributed by atoms with Gasteiger partial charge in [-0.3, -0.25) is 9.69 Å². The molecule has 0 spiro atoms. The summed E-state index contributed by atoms with van der Waals surface area (Å²) in [5, 5.41) is 12.7. The molecule has 1 aliphatic heterocycles. The van der Waals surface area contributed by atoms with Crippen LogP contribution in [-0.2, 0) is 4.79 Å². The topological polar surface area (TPSA) is 52.6 Å². The number of carbonyl (C=O) groups excluding carboxylic acids is 1. The van der Waals surface area contributed by atoms with Crippen LogP contribution in [0.3, 0.4) is 0 Å². The van der Waals surface area contributed by atoms with Crippen molar-refractivity contribution in [3.05, 3.63) is 0 Å². The summed E-state index contributed by atoms with van der Waals surface area (Å²) >= 11 is 0. The first-order chi connectivity index (χ1) is 6.44. The number of hydrogen-bond acceptors (Lipinski definition) is 3. The van der Waals surface area contributed by atoms with Gasteiger partial charge in [-0.25, -0.2) is 0 Å². The van der Waals surface area contributed by atoms with Crippen LogP contribution < -0.4 is 5.32 Å². The van der Waals surface area contributed by atoms with Crippen LogP contribution in [-0.4, -0.2) is 47.7 Å². The lowest BCUT2D eigenvalue weighted by Gasteiger charge is -2.49. The Morgan fingerprint density at radius 3 is 2.57 bits per heavy atom. The second-order valence-electron chi connectivity index (χ2n) is 4.45. The average Bonchev–Trinajstić information content (AvgIpc) is 1.99. The molecule has 1 amide bonds. The maximum absolute atomic E-state index is 10.6. The molecule has 0 aromatic rings. The molecule has 1 aliphatic rings. The summed E-state index contributed by atoms with van der Waals surface area (Å²) in [4.78, 5) is 12.7. The third kappa shape index (κ3) is 2.69. The molecule has 0 unspecified atom stereocenters. The standard InChI is InChI=1S/C10H20N2O2/c1-8(2)10(14)6-12(7-10)5-4-11-9(3)13/h8,14H,4-7H2,1-3H3,(H,11,13). The fourth-order valence-electron chi connectivity index (χ4n) is 1.64. The third-order valence-electron chi connectivity index (χ3n) is 2.87. The highest BCUT2D eigenvalue weighted by Gasteiger charge is 2.42. The van der Waals surface area contributed by atoms with E-state index in [1.54, 1.807) is 0 Å². The number of rotatable bonds is 4. The van der Waals surface area contributed by atoms with Crippen LogP contribution in [0.4, 0.5) is 0 Å². The lowest BCUT2D eigenvalue weighted by atomic mass is 9.83. The Morgan fingerprint density at radius 2 is 2.14 bits per heavy atom. The maximum atomic E-state index is 10.6. The number of amides is 1. The van der Waals surface area contributed by atoms with Gasteiger partial charge in [0.1, 0.15) is 0 Å². The number of likely N-dealkylation sites (tertiary alicyclic amines) is 1. The van der Waals surface area contributed by atoms with Gasteiger partial charge in [0.15, 0.2) is 0 Å². The number of nitrogens with one attached hydrogen (secondary N) is 1. The van der Waals surface area contributed by atoms with Crippen LogP contribution in [0.25, 0.3) is 0 Å². The Bertz CT molecular complexity index is 210. The summed E-state index contributed by atoms with van der Waals surface area (Å²) in [7, 11) is 0. The summed E-state index contributed by atoms with van der Waals surface area (Å²) in [5.74, 6) is 0.309. The van der Waals surface area contributed by atoms with Crippen LogP contribution in [0, 0.1) is 5.92 Å². The van der Waals surface area contributed by atoms with E-state index in [1.165, 1.54) is 6.92 Å². The predicted molar refractivity (Wildman–Crippen MR) is 54.9 cm³/mol. The molecule has 0 atom stereocenters. The van der Waals surface area contributed by atoms with Crippen LogP contribution in [0.1, 0.15) is 20.8 Å². The van der Waals surface area contributed by atoms with E-state index in [9.17, 15) is 9.90 Å². The van der Waals surface area contributed by atoms with Gasteiger partial charge in [0.05, 0.1) is 5.60 Å². The van der Waals surface area contributed by atoms with Crippen molar-refractivity contribution in [1.82, 2.24) is 10.2 Å². The van der Waals surface area contributed by atoms with Gasteiger partial charge in [0.25, 0.3) is 0 Å². The highest BCUT2D eigenvalue weighted by Crippen LogP contribution is 2.27. The van der Waals surface area contributed by atoms with Crippen molar-refractivity contribution in [3.63, 3.8) is 0 Å². The number of nitrogens with zero attached hydrogens (tertiary/aromatic N) is 1. The number of β-amino-alcohol motifs (C(OH)–C–C–N with tert-alkyl or cyclic N) is 1. The second-order valence-corrected chi connectivity index (χ2v) is 4.45. The first kappa shape index (κ1) is 11.5. The fraction of sp³-hybridized carbons (Fsp3) is 0.900. The zero-order valence-electron chi connectivity index (χ0n) is 9.21. The van der Waals surface area contributed by atoms with Crippen molar-refractivity contribution >= 4 is 5.91 Å². The van der Waals surface area contributed by atoms with Crippen molar-refractivity contribution in [3.8, 4) is 0 Å². The van der Waals surface area contributed by atoms with E-state index in [1.807, 2.05) is 13.8 Å². The first-order valence-electron chi connectivity index (χ1n) is 5.13. The SMILES string of the molecule is CC(=O)NCCN1CC(O)(C(C)C)C1. The smallest absolute Gasteiger partial charge is 0.216 e. The molecule has 2 N–H and O–H groups in total. The van der Waals surface area contributed by atoms with E-state index in [4.69, 9.17) is 0 Å². The minimum atomic E-state index is -0.504. The molecule has 4 nitrogen and oxygen atoms in total. The quantitative estimate of drug-likeness (QED) is 0.662. The molecule has 1 saturated heterocycles. The van der Waals surface area contributed by atoms with Gasteiger partial charge in [-0.2, -0.15) is 0 Å². The van der Waals surface area contributed by atoms with Crippen LogP contribution in [0.2, 0.25) is 0 Å². The molecule has 0 aromatic carbocycles. The molecular formula is C10H20N2O2. The molecule has 0 bridgehead atoms. The Balaban J connectivity index is 2.13. The van der Waals surface area contributed by atoms with Crippen LogP contribution >= 0.6 is 0 Å². The highest BCUT2D eigenvalue weighted by molar-refractivity contribution is 5.72. The van der Waals surface area contributed by atoms with Gasteiger partial charge in [0, 0.05) is 33.1 Å². The van der Waals surface area contributed by atoms with Gasteiger partial charge in [-0.1, -0.05) is 13.8 Å². The first-order valence-corrected chi connectivity index (χ1v) is 5.13. The van der Waals surface area contributed by atoms with Crippen molar-refractivity contribution in [1.29, 1.82) is 0 Å². The minimum Gasteiger partial charge on any atom is -0.387 e. The van der Waals surface area contributed by atoms with Crippen molar-refractivity contribution in [2.24, 2.45) is 5.92 Å². The summed E-state index contributed by atoms with van der Waals surface area (Å²) in [6.45, 7) is 8.53. The van der Waals surface area contributed by atoms with E-state index in [0.29, 0.717) is 12.5 Å². The van der Waals surface area contributed by atoms with Crippen molar-refractivity contribution in [2.75, 3.05) is 26.2 Å². The molecule has 4 heteroatoms. The summed E-state index contributed by atoms with van der Waals surface area (Å²) in [5.41, 5.74) is -0.504. The van der Waals surface area contributed by atoms with Crippen LogP contribution in [0.15, 0.2) is 0 Å². The summed E-state index contributed by atoms with van der Waals surface area (Å²) in [6, 6.07) is 0. The molecule has 1 rings (SSSR count). The van der Waals surface area contributed by atoms with Crippen LogP contribution in [0.5, 0.6) is 0 Å². The van der Waals surface area contributed by atoms with E-state index in [0.717, 1.165) is 19.6 Å². The Morgan fingerprint density at radius 1 is 1.57 bits per heavy atom. The molecule has 14 heavy (non-hydrogen) atoms. The molecule has 0 aromatic heterocycles. The predicted octanol–water partition coefficient (Wildman–Crippen LogP) is -0.175. The molecule has 0 saturated carbocycles. The molecule has 82 valence electrons. The van der Waals surface area contributed by atoms with Crippen molar-refractivity contribution in [2.45, 2.75) is 26.4 Å². The van der Waals surface area contributed by atoms with Gasteiger partial charge in [-0.15, -0.1) is 0 Å². The summed E-state index contributed by atoms with van der Waals surface area (Å²) in [6.07, 6.45) is 0. The molecule has 0 radical (unpaired) electrons. The number of hydrogen-bond donors (Lipinski definition) is 2. The van der Waals surface area contributed by atoms with Gasteiger partial charge in [0.2, 0.25) is 5.91 Å².